The second kappa shape index (κ2) is 21.2. The summed E-state index contributed by atoms with van der Waals surface area (Å²) in [6.45, 7) is 20.0. The van der Waals surface area contributed by atoms with E-state index in [0.29, 0.717) is 50.1 Å². The summed E-state index contributed by atoms with van der Waals surface area (Å²) in [5, 5.41) is 10.4. The SMILES string of the molecule is CC(C)COc1ccc(C2(c3ccc(OCC(C)C)cc3)c3ccccc3-c3ccc(-c4ccc5c(c4)C(c4ccc(OCC(C)C)cc4)(c4ccc(OCC(C)C)cc4)c4cc(-c6ccc(O)cc6)ccc4-5)cc32)cc1. The zero-order valence-electron chi connectivity index (χ0n) is 45.8. The molecule has 5 nitrogen and oxygen atoms in total. The fraction of sp³-hybridized carbons (Fsp3) is 0.250. The van der Waals surface area contributed by atoms with Crippen molar-refractivity contribution >= 4 is 0 Å². The van der Waals surface area contributed by atoms with Crippen LogP contribution in [-0.4, -0.2) is 31.5 Å². The normalized spacial score (nSPS) is 13.6. The van der Waals surface area contributed by atoms with Gasteiger partial charge in [0.25, 0.3) is 0 Å². The molecular formula is C72H70O5. The van der Waals surface area contributed by atoms with Gasteiger partial charge in [-0.05, 0) is 192 Å². The monoisotopic (exact) mass is 1010 g/mol. The summed E-state index contributed by atoms with van der Waals surface area (Å²) >= 11 is 0. The predicted molar refractivity (Wildman–Crippen MR) is 315 cm³/mol. The zero-order chi connectivity index (χ0) is 53.4. The second-order valence-electron chi connectivity index (χ2n) is 22.8. The topological polar surface area (TPSA) is 57.2 Å². The van der Waals surface area contributed by atoms with Gasteiger partial charge in [-0.2, -0.15) is 0 Å². The first-order chi connectivity index (χ1) is 37.3. The van der Waals surface area contributed by atoms with Crippen LogP contribution in [0.4, 0.5) is 0 Å². The lowest BCUT2D eigenvalue weighted by Crippen LogP contribution is -2.29. The van der Waals surface area contributed by atoms with Crippen molar-refractivity contribution in [3.63, 3.8) is 0 Å². The number of ether oxygens (including phenoxy) is 4. The molecule has 2 aliphatic carbocycles. The van der Waals surface area contributed by atoms with Crippen molar-refractivity contribution < 1.29 is 24.1 Å². The molecule has 0 saturated carbocycles. The number of hydrogen-bond donors (Lipinski definition) is 1. The Balaban J connectivity index is 1.13. The fourth-order valence-corrected chi connectivity index (χ4v) is 11.6. The summed E-state index contributed by atoms with van der Waals surface area (Å²) in [5.74, 6) is 5.27. The van der Waals surface area contributed by atoms with E-state index in [2.05, 4.69) is 231 Å². The summed E-state index contributed by atoms with van der Waals surface area (Å²) in [6, 6.07) is 72.8. The molecule has 0 bridgehead atoms. The Labute approximate surface area is 456 Å². The number of phenolic OH excluding ortho intramolecular Hbond substituents is 1. The molecule has 9 aromatic carbocycles. The Hall–Kier alpha value is -8.02. The van der Waals surface area contributed by atoms with Crippen LogP contribution in [0.5, 0.6) is 28.7 Å². The molecule has 0 amide bonds. The molecule has 0 aromatic heterocycles. The third-order valence-corrected chi connectivity index (χ3v) is 15.2. The van der Waals surface area contributed by atoms with Crippen LogP contribution in [0.1, 0.15) is 99.9 Å². The van der Waals surface area contributed by atoms with Crippen LogP contribution in [-0.2, 0) is 10.8 Å². The molecule has 0 heterocycles. The van der Waals surface area contributed by atoms with Gasteiger partial charge >= 0.3 is 0 Å². The molecule has 11 rings (SSSR count). The van der Waals surface area contributed by atoms with Crippen LogP contribution in [0.2, 0.25) is 0 Å². The maximum Gasteiger partial charge on any atom is 0.119 e. The fourth-order valence-electron chi connectivity index (χ4n) is 11.6. The van der Waals surface area contributed by atoms with Gasteiger partial charge in [0.05, 0.1) is 37.3 Å². The molecule has 1 N–H and O–H groups in total. The van der Waals surface area contributed by atoms with Gasteiger partial charge in [-0.25, -0.2) is 0 Å². The first-order valence-corrected chi connectivity index (χ1v) is 27.6. The Morgan fingerprint density at radius 1 is 0.299 bits per heavy atom. The van der Waals surface area contributed by atoms with Crippen LogP contribution in [0, 0.1) is 23.7 Å². The van der Waals surface area contributed by atoms with E-state index in [0.717, 1.165) is 56.4 Å². The molecule has 388 valence electrons. The van der Waals surface area contributed by atoms with Crippen molar-refractivity contribution in [2.24, 2.45) is 23.7 Å². The average molecular weight is 1020 g/mol. The largest absolute Gasteiger partial charge is 0.508 e. The van der Waals surface area contributed by atoms with Gasteiger partial charge in [0, 0.05) is 0 Å². The molecule has 9 aromatic rings. The van der Waals surface area contributed by atoms with Gasteiger partial charge in [-0.3, -0.25) is 0 Å². The molecule has 0 fully saturated rings. The molecule has 5 heteroatoms. The minimum Gasteiger partial charge on any atom is -0.508 e. The lowest BCUT2D eigenvalue weighted by Gasteiger charge is -2.35. The van der Waals surface area contributed by atoms with E-state index >= 15 is 0 Å². The van der Waals surface area contributed by atoms with Crippen molar-refractivity contribution in [1.29, 1.82) is 0 Å². The number of benzene rings is 9. The van der Waals surface area contributed by atoms with E-state index in [1.165, 1.54) is 55.6 Å². The lowest BCUT2D eigenvalue weighted by atomic mass is 9.66. The second-order valence-corrected chi connectivity index (χ2v) is 22.8. The molecule has 0 spiro atoms. The van der Waals surface area contributed by atoms with Gasteiger partial charge in [0.1, 0.15) is 28.7 Å². The van der Waals surface area contributed by atoms with Crippen LogP contribution >= 0.6 is 0 Å². The number of fused-ring (bicyclic) bond motifs is 6. The molecule has 77 heavy (non-hydrogen) atoms. The summed E-state index contributed by atoms with van der Waals surface area (Å²) in [6.07, 6.45) is 0. The summed E-state index contributed by atoms with van der Waals surface area (Å²) < 4.78 is 25.2. The summed E-state index contributed by atoms with van der Waals surface area (Å²) in [5.41, 5.74) is 17.2. The minimum atomic E-state index is -0.754. The first-order valence-electron chi connectivity index (χ1n) is 27.6. The Morgan fingerprint density at radius 2 is 0.571 bits per heavy atom. The third kappa shape index (κ3) is 9.56. The highest BCUT2D eigenvalue weighted by molar-refractivity contribution is 5.92. The van der Waals surface area contributed by atoms with E-state index in [1.807, 2.05) is 12.1 Å². The van der Waals surface area contributed by atoms with E-state index in [1.54, 1.807) is 12.1 Å². The smallest absolute Gasteiger partial charge is 0.119 e. The van der Waals surface area contributed by atoms with Gasteiger partial charge in [-0.1, -0.05) is 177 Å². The number of hydrogen-bond acceptors (Lipinski definition) is 5. The van der Waals surface area contributed by atoms with Gasteiger partial charge in [-0.15, -0.1) is 0 Å². The van der Waals surface area contributed by atoms with Gasteiger partial charge in [0.15, 0.2) is 0 Å². The van der Waals surface area contributed by atoms with Crippen LogP contribution in [0.25, 0.3) is 44.5 Å². The molecule has 2 aliphatic rings. The third-order valence-electron chi connectivity index (χ3n) is 15.2. The standard InChI is InChI=1S/C72H70O5/c1-46(2)42-74-59-28-18-54(19-29-59)71(55-20-30-60(31-21-55)75-43-47(3)4)67-12-10-9-11-63(67)64-37-16-52(40-68(64)71)53-17-38-66-65-36-15-51(50-13-26-58(73)27-14-50)39-69(65)72(70(66)41-53,56-22-32-61(33-23-56)76-44-48(5)6)57-24-34-62(35-25-57)77-45-49(7)8/h9-41,46-49,73H,42-45H2,1-8H3. The van der Waals surface area contributed by atoms with Gasteiger partial charge in [0.2, 0.25) is 0 Å². The summed E-state index contributed by atoms with van der Waals surface area (Å²) in [4.78, 5) is 0. The average Bonchev–Trinajstić information content (AvgIpc) is 4.04. The molecule has 0 aliphatic heterocycles. The Kier molecular flexibility index (Phi) is 14.1. The Morgan fingerprint density at radius 3 is 0.896 bits per heavy atom. The highest BCUT2D eigenvalue weighted by Crippen LogP contribution is 2.60. The van der Waals surface area contributed by atoms with Crippen LogP contribution in [0.3, 0.4) is 0 Å². The highest BCUT2D eigenvalue weighted by Gasteiger charge is 2.48. The van der Waals surface area contributed by atoms with Crippen LogP contribution in [0.15, 0.2) is 200 Å². The quantitative estimate of drug-likeness (QED) is 0.0928. The van der Waals surface area contributed by atoms with Crippen molar-refractivity contribution in [3.8, 4) is 73.3 Å². The molecular weight excluding hydrogens is 945 g/mol. The molecule has 0 unspecified atom stereocenters. The van der Waals surface area contributed by atoms with E-state index in [9.17, 15) is 5.11 Å². The maximum absolute atomic E-state index is 10.4. The van der Waals surface area contributed by atoms with E-state index in [4.69, 9.17) is 18.9 Å². The molecule has 0 atom stereocenters. The van der Waals surface area contributed by atoms with Crippen molar-refractivity contribution in [2.75, 3.05) is 26.4 Å². The lowest BCUT2D eigenvalue weighted by molar-refractivity contribution is 0.271. The van der Waals surface area contributed by atoms with E-state index in [-0.39, 0.29) is 5.75 Å². The maximum atomic E-state index is 10.4. The number of phenols is 1. The predicted octanol–water partition coefficient (Wildman–Crippen LogP) is 17.6. The van der Waals surface area contributed by atoms with Crippen LogP contribution < -0.4 is 18.9 Å². The van der Waals surface area contributed by atoms with Gasteiger partial charge < -0.3 is 24.1 Å². The molecule has 0 radical (unpaired) electrons. The Bertz CT molecular complexity index is 3400. The summed E-state index contributed by atoms with van der Waals surface area (Å²) in [7, 11) is 0. The van der Waals surface area contributed by atoms with Crippen molar-refractivity contribution in [2.45, 2.75) is 66.2 Å². The first kappa shape index (κ1) is 51.1. The zero-order valence-corrected chi connectivity index (χ0v) is 45.8. The number of aromatic hydroxyl groups is 1. The van der Waals surface area contributed by atoms with E-state index < -0.39 is 10.8 Å². The van der Waals surface area contributed by atoms with Crippen molar-refractivity contribution in [1.82, 2.24) is 0 Å². The highest BCUT2D eigenvalue weighted by atomic mass is 16.5. The minimum absolute atomic E-state index is 0.241. The molecule has 0 saturated heterocycles. The number of rotatable bonds is 18. The van der Waals surface area contributed by atoms with Crippen molar-refractivity contribution in [3.05, 3.63) is 245 Å².